The molecule has 0 spiro atoms. The predicted octanol–water partition coefficient (Wildman–Crippen LogP) is 4.63. The normalized spacial score (nSPS) is 11.3. The highest BCUT2D eigenvalue weighted by molar-refractivity contribution is 7.80. The number of thiocarbonyl (C=S) groups is 1. The molecule has 1 heterocycles. The second-order valence-electron chi connectivity index (χ2n) is 5.50. The standard InChI is InChI=1S/C18H13F3N2O3S/c1-25-12-5-2-10(3-6-12)22-17(27)23-11-4-7-13-14(18(19,20)21)9-16(24)26-15(13)8-11/h2-9H,1H3,(H2,22,23,27). The second kappa shape index (κ2) is 7.28. The lowest BCUT2D eigenvalue weighted by Gasteiger charge is -2.13. The van der Waals surface area contributed by atoms with E-state index in [1.807, 2.05) is 0 Å². The van der Waals surface area contributed by atoms with Gasteiger partial charge in [-0.05, 0) is 48.6 Å². The van der Waals surface area contributed by atoms with Gasteiger partial charge in [0.1, 0.15) is 11.3 Å². The van der Waals surface area contributed by atoms with Crippen LogP contribution in [-0.2, 0) is 6.18 Å². The highest BCUT2D eigenvalue weighted by Gasteiger charge is 2.33. The van der Waals surface area contributed by atoms with Crippen molar-refractivity contribution < 1.29 is 22.3 Å². The molecule has 0 aliphatic heterocycles. The van der Waals surface area contributed by atoms with Crippen molar-refractivity contribution in [1.82, 2.24) is 0 Å². The minimum atomic E-state index is -4.66. The van der Waals surface area contributed by atoms with Gasteiger partial charge in [0.2, 0.25) is 0 Å². The number of benzene rings is 2. The van der Waals surface area contributed by atoms with Gasteiger partial charge in [-0.25, -0.2) is 4.79 Å². The third-order valence-corrected chi connectivity index (χ3v) is 3.86. The topological polar surface area (TPSA) is 63.5 Å². The number of alkyl halides is 3. The van der Waals surface area contributed by atoms with E-state index in [1.54, 1.807) is 31.4 Å². The molecule has 0 aliphatic carbocycles. The molecular formula is C18H13F3N2O3S. The molecule has 2 N–H and O–H groups in total. The average Bonchev–Trinajstić information content (AvgIpc) is 2.60. The highest BCUT2D eigenvalue weighted by atomic mass is 32.1. The SMILES string of the molecule is COc1ccc(NC(=S)Nc2ccc3c(C(F)(F)F)cc(=O)oc3c2)cc1. The highest BCUT2D eigenvalue weighted by Crippen LogP contribution is 2.34. The van der Waals surface area contributed by atoms with E-state index in [-0.39, 0.29) is 16.1 Å². The number of nitrogens with one attached hydrogen (secondary N) is 2. The largest absolute Gasteiger partial charge is 0.497 e. The van der Waals surface area contributed by atoms with Crippen LogP contribution < -0.4 is 21.0 Å². The maximum atomic E-state index is 13.1. The average molecular weight is 394 g/mol. The van der Waals surface area contributed by atoms with Crippen molar-refractivity contribution in [3.8, 4) is 5.75 Å². The molecule has 27 heavy (non-hydrogen) atoms. The molecule has 1 aromatic heterocycles. The molecule has 0 radical (unpaired) electrons. The molecule has 3 aromatic rings. The van der Waals surface area contributed by atoms with Gasteiger partial charge in [0.25, 0.3) is 0 Å². The molecule has 0 atom stereocenters. The van der Waals surface area contributed by atoms with Crippen LogP contribution in [0.2, 0.25) is 0 Å². The van der Waals surface area contributed by atoms with E-state index in [4.69, 9.17) is 21.4 Å². The zero-order valence-corrected chi connectivity index (χ0v) is 14.7. The van der Waals surface area contributed by atoms with Gasteiger partial charge in [-0.3, -0.25) is 0 Å². The fourth-order valence-electron chi connectivity index (χ4n) is 2.44. The Morgan fingerprint density at radius 2 is 1.67 bits per heavy atom. The van der Waals surface area contributed by atoms with Crippen LogP contribution in [0.1, 0.15) is 5.56 Å². The van der Waals surface area contributed by atoms with E-state index in [0.717, 1.165) is 0 Å². The smallest absolute Gasteiger partial charge is 0.417 e. The molecule has 5 nitrogen and oxygen atoms in total. The van der Waals surface area contributed by atoms with Crippen molar-refractivity contribution in [3.05, 3.63) is 64.5 Å². The summed E-state index contributed by atoms with van der Waals surface area (Å²) in [5.41, 5.74) is -1.24. The van der Waals surface area contributed by atoms with Crippen LogP contribution in [0, 0.1) is 0 Å². The summed E-state index contributed by atoms with van der Waals surface area (Å²) in [7, 11) is 1.55. The van der Waals surface area contributed by atoms with Crippen LogP contribution in [0.25, 0.3) is 11.0 Å². The number of anilines is 2. The molecule has 2 aromatic carbocycles. The van der Waals surface area contributed by atoms with Crippen molar-refractivity contribution in [2.45, 2.75) is 6.18 Å². The van der Waals surface area contributed by atoms with Crippen LogP contribution in [0.4, 0.5) is 24.5 Å². The summed E-state index contributed by atoms with van der Waals surface area (Å²) in [6, 6.07) is 11.4. The molecule has 9 heteroatoms. The van der Waals surface area contributed by atoms with Crippen molar-refractivity contribution in [2.75, 3.05) is 17.7 Å². The summed E-state index contributed by atoms with van der Waals surface area (Å²) >= 11 is 5.19. The maximum Gasteiger partial charge on any atom is 0.417 e. The summed E-state index contributed by atoms with van der Waals surface area (Å²) in [4.78, 5) is 11.4. The summed E-state index contributed by atoms with van der Waals surface area (Å²) in [6.07, 6.45) is -4.66. The molecule has 0 unspecified atom stereocenters. The van der Waals surface area contributed by atoms with Gasteiger partial charge >= 0.3 is 11.8 Å². The quantitative estimate of drug-likeness (QED) is 0.499. The number of hydrogen-bond donors (Lipinski definition) is 2. The number of halogens is 3. The number of rotatable bonds is 3. The Balaban J connectivity index is 1.82. The Morgan fingerprint density at radius 3 is 2.30 bits per heavy atom. The first-order chi connectivity index (χ1) is 12.8. The Hall–Kier alpha value is -3.07. The molecular weight excluding hydrogens is 381 g/mol. The van der Waals surface area contributed by atoms with Crippen LogP contribution in [-0.4, -0.2) is 12.2 Å². The van der Waals surface area contributed by atoms with E-state index in [0.29, 0.717) is 23.2 Å². The van der Waals surface area contributed by atoms with Crippen LogP contribution in [0.15, 0.2) is 57.7 Å². The third kappa shape index (κ3) is 4.37. The molecule has 0 aliphatic rings. The second-order valence-corrected chi connectivity index (χ2v) is 5.90. The van der Waals surface area contributed by atoms with E-state index >= 15 is 0 Å². The predicted molar refractivity (Wildman–Crippen MR) is 100 cm³/mol. The summed E-state index contributed by atoms with van der Waals surface area (Å²) in [6.45, 7) is 0. The van der Waals surface area contributed by atoms with Gasteiger partial charge in [0, 0.05) is 28.9 Å². The lowest BCUT2D eigenvalue weighted by Crippen LogP contribution is -2.19. The van der Waals surface area contributed by atoms with Gasteiger partial charge in [-0.15, -0.1) is 0 Å². The number of ether oxygens (including phenoxy) is 1. The van der Waals surface area contributed by atoms with Gasteiger partial charge in [-0.2, -0.15) is 13.2 Å². The third-order valence-electron chi connectivity index (χ3n) is 3.66. The van der Waals surface area contributed by atoms with Crippen molar-refractivity contribution in [2.24, 2.45) is 0 Å². The van der Waals surface area contributed by atoms with Gasteiger partial charge in [0.05, 0.1) is 12.7 Å². The van der Waals surface area contributed by atoms with Gasteiger partial charge in [-0.1, -0.05) is 0 Å². The maximum absolute atomic E-state index is 13.1. The number of hydrogen-bond acceptors (Lipinski definition) is 4. The zero-order chi connectivity index (χ0) is 19.6. The first-order valence-electron chi connectivity index (χ1n) is 7.63. The first kappa shape index (κ1) is 18.7. The van der Waals surface area contributed by atoms with Crippen LogP contribution in [0.5, 0.6) is 5.75 Å². The molecule has 0 saturated carbocycles. The van der Waals surface area contributed by atoms with E-state index < -0.39 is 17.4 Å². The summed E-state index contributed by atoms with van der Waals surface area (Å²) in [5.74, 6) is 0.685. The Kier molecular flexibility index (Phi) is 5.04. The molecule has 0 saturated heterocycles. The van der Waals surface area contributed by atoms with Crippen LogP contribution >= 0.6 is 12.2 Å². The Bertz CT molecular complexity index is 1050. The number of methoxy groups -OCH3 is 1. The van der Waals surface area contributed by atoms with E-state index in [2.05, 4.69) is 10.6 Å². The monoisotopic (exact) mass is 394 g/mol. The van der Waals surface area contributed by atoms with E-state index in [1.165, 1.54) is 18.2 Å². The minimum absolute atomic E-state index is 0.188. The number of fused-ring (bicyclic) bond motifs is 1. The summed E-state index contributed by atoms with van der Waals surface area (Å²) in [5, 5.41) is 5.77. The van der Waals surface area contributed by atoms with Crippen molar-refractivity contribution in [1.29, 1.82) is 0 Å². The minimum Gasteiger partial charge on any atom is -0.497 e. The first-order valence-corrected chi connectivity index (χ1v) is 8.04. The van der Waals surface area contributed by atoms with Gasteiger partial charge in [0.15, 0.2) is 5.11 Å². The summed E-state index contributed by atoms with van der Waals surface area (Å²) < 4.78 is 49.2. The Morgan fingerprint density at radius 1 is 1.04 bits per heavy atom. The van der Waals surface area contributed by atoms with E-state index in [9.17, 15) is 18.0 Å². The zero-order valence-electron chi connectivity index (χ0n) is 13.9. The lowest BCUT2D eigenvalue weighted by molar-refractivity contribution is -0.136. The molecule has 0 bridgehead atoms. The Labute approximate surface area is 156 Å². The molecule has 3 rings (SSSR count). The fourth-order valence-corrected chi connectivity index (χ4v) is 2.68. The fraction of sp³-hybridized carbons (Fsp3) is 0.111. The molecule has 140 valence electrons. The van der Waals surface area contributed by atoms with Gasteiger partial charge < -0.3 is 19.8 Å². The molecule has 0 fully saturated rings. The lowest BCUT2D eigenvalue weighted by atomic mass is 10.1. The molecule has 0 amide bonds. The van der Waals surface area contributed by atoms with Crippen molar-refractivity contribution in [3.63, 3.8) is 0 Å². The van der Waals surface area contributed by atoms with Crippen molar-refractivity contribution >= 4 is 39.7 Å². The van der Waals surface area contributed by atoms with Crippen LogP contribution in [0.3, 0.4) is 0 Å².